The smallest absolute Gasteiger partial charge is 0.250 e. The molecule has 4 rings (SSSR count). The van der Waals surface area contributed by atoms with Crippen molar-refractivity contribution in [2.75, 3.05) is 11.5 Å². The van der Waals surface area contributed by atoms with Crippen LogP contribution in [-0.2, 0) is 17.9 Å². The summed E-state index contributed by atoms with van der Waals surface area (Å²) < 4.78 is 8.15. The molecule has 0 N–H and O–H groups in total. The zero-order valence-corrected chi connectivity index (χ0v) is 16.0. The maximum atomic E-state index is 13.1. The van der Waals surface area contributed by atoms with Gasteiger partial charge in [-0.05, 0) is 30.7 Å². The van der Waals surface area contributed by atoms with Crippen molar-refractivity contribution in [1.29, 1.82) is 0 Å². The largest absolute Gasteiger partial charge is 0.492 e. The van der Waals surface area contributed by atoms with Crippen LogP contribution >= 0.6 is 11.3 Å². The number of pyridine rings is 1. The first kappa shape index (κ1) is 18.1. The Morgan fingerprint density at radius 1 is 1.25 bits per heavy atom. The minimum atomic E-state index is -0.133. The van der Waals surface area contributed by atoms with Gasteiger partial charge in [0.05, 0.1) is 17.9 Å². The fraction of sp³-hybridized carbons (Fsp3) is 0.211. The predicted octanol–water partition coefficient (Wildman–Crippen LogP) is 2.91. The Balaban J connectivity index is 1.70. The van der Waals surface area contributed by atoms with Crippen LogP contribution in [0.3, 0.4) is 0 Å². The fourth-order valence-electron chi connectivity index (χ4n) is 2.77. The highest BCUT2D eigenvalue weighted by Crippen LogP contribution is 2.35. The Kier molecular flexibility index (Phi) is 5.24. The molecule has 0 saturated carbocycles. The number of thiazole rings is 1. The number of anilines is 1. The number of fused-ring (bicyclic) bond motifs is 1. The number of para-hydroxylation sites is 1. The van der Waals surface area contributed by atoms with E-state index in [9.17, 15) is 4.79 Å². The van der Waals surface area contributed by atoms with Crippen molar-refractivity contribution in [3.05, 3.63) is 60.9 Å². The van der Waals surface area contributed by atoms with Gasteiger partial charge < -0.3 is 4.74 Å². The molecule has 0 unspecified atom stereocenters. The molecule has 8 nitrogen and oxygen atoms in total. The van der Waals surface area contributed by atoms with Crippen molar-refractivity contribution < 1.29 is 9.53 Å². The van der Waals surface area contributed by atoms with Gasteiger partial charge in [-0.25, -0.2) is 14.6 Å². The number of carbonyl (C=O) groups excluding carboxylic acids is 1. The van der Waals surface area contributed by atoms with E-state index in [0.29, 0.717) is 24.0 Å². The van der Waals surface area contributed by atoms with E-state index in [2.05, 4.69) is 15.1 Å². The van der Waals surface area contributed by atoms with Crippen LogP contribution in [-0.4, -0.2) is 37.2 Å². The highest BCUT2D eigenvalue weighted by Gasteiger charge is 2.22. The second-order valence-electron chi connectivity index (χ2n) is 5.97. The molecule has 0 atom stereocenters. The van der Waals surface area contributed by atoms with Gasteiger partial charge in [0.15, 0.2) is 5.13 Å². The number of hydrogen-bond acceptors (Lipinski definition) is 7. The molecule has 1 aromatic carbocycles. The number of rotatable bonds is 7. The topological polar surface area (TPSA) is 86.0 Å². The van der Waals surface area contributed by atoms with Crippen molar-refractivity contribution in [2.45, 2.75) is 20.0 Å². The van der Waals surface area contributed by atoms with Crippen LogP contribution in [0.2, 0.25) is 0 Å². The Hall–Kier alpha value is -3.33. The lowest BCUT2D eigenvalue weighted by Crippen LogP contribution is -2.33. The first-order valence-electron chi connectivity index (χ1n) is 8.78. The van der Waals surface area contributed by atoms with Crippen molar-refractivity contribution >= 4 is 32.6 Å². The van der Waals surface area contributed by atoms with Crippen LogP contribution in [0.1, 0.15) is 12.5 Å². The summed E-state index contributed by atoms with van der Waals surface area (Å²) in [6.45, 7) is 2.93. The molecule has 3 heterocycles. The first-order valence-corrected chi connectivity index (χ1v) is 9.60. The fourth-order valence-corrected chi connectivity index (χ4v) is 3.77. The molecule has 1 amide bonds. The zero-order valence-electron chi connectivity index (χ0n) is 15.2. The van der Waals surface area contributed by atoms with Crippen LogP contribution in [0, 0.1) is 0 Å². The molecule has 0 aliphatic carbocycles. The molecule has 142 valence electrons. The number of hydrogen-bond donors (Lipinski definition) is 0. The van der Waals surface area contributed by atoms with Gasteiger partial charge in [0.1, 0.15) is 30.5 Å². The van der Waals surface area contributed by atoms with Gasteiger partial charge in [0, 0.05) is 12.4 Å². The van der Waals surface area contributed by atoms with E-state index in [1.807, 2.05) is 37.3 Å². The van der Waals surface area contributed by atoms with E-state index in [-0.39, 0.29) is 12.5 Å². The van der Waals surface area contributed by atoms with E-state index in [1.54, 1.807) is 17.3 Å². The Labute approximate surface area is 165 Å². The summed E-state index contributed by atoms with van der Waals surface area (Å²) in [7, 11) is 0. The lowest BCUT2D eigenvalue weighted by molar-refractivity contribution is -0.119. The van der Waals surface area contributed by atoms with E-state index in [1.165, 1.54) is 28.7 Å². The molecule has 0 radical (unpaired) electrons. The summed E-state index contributed by atoms with van der Waals surface area (Å²) in [6.07, 6.45) is 6.38. The molecule has 28 heavy (non-hydrogen) atoms. The first-order chi connectivity index (χ1) is 13.7. The van der Waals surface area contributed by atoms with E-state index in [4.69, 9.17) is 9.72 Å². The summed E-state index contributed by atoms with van der Waals surface area (Å²) in [5, 5.41) is 4.64. The SMILES string of the molecule is CCOc1cccc2sc(N(Cc3cccnc3)C(=O)Cn3cncn3)nc12. The molecule has 0 aliphatic heterocycles. The lowest BCUT2D eigenvalue weighted by Gasteiger charge is -2.19. The summed E-state index contributed by atoms with van der Waals surface area (Å²) in [5.74, 6) is 0.582. The molecule has 3 aromatic heterocycles. The van der Waals surface area contributed by atoms with Gasteiger partial charge in [0.25, 0.3) is 5.91 Å². The molecule has 0 saturated heterocycles. The summed E-state index contributed by atoms with van der Waals surface area (Å²) in [5.41, 5.74) is 1.67. The van der Waals surface area contributed by atoms with Crippen molar-refractivity contribution in [2.24, 2.45) is 0 Å². The second kappa shape index (κ2) is 8.13. The molecule has 0 bridgehead atoms. The Bertz CT molecular complexity index is 1060. The van der Waals surface area contributed by atoms with Crippen molar-refractivity contribution in [3.63, 3.8) is 0 Å². The molecule has 4 aromatic rings. The van der Waals surface area contributed by atoms with Crippen molar-refractivity contribution in [1.82, 2.24) is 24.7 Å². The third-order valence-electron chi connectivity index (χ3n) is 4.03. The zero-order chi connectivity index (χ0) is 19.3. The van der Waals surface area contributed by atoms with Gasteiger partial charge in [-0.2, -0.15) is 5.10 Å². The van der Waals surface area contributed by atoms with Gasteiger partial charge in [-0.15, -0.1) is 0 Å². The number of aromatic nitrogens is 5. The van der Waals surface area contributed by atoms with E-state index < -0.39 is 0 Å². The molecule has 9 heteroatoms. The van der Waals surface area contributed by atoms with Gasteiger partial charge in [0.2, 0.25) is 0 Å². The summed E-state index contributed by atoms with van der Waals surface area (Å²) >= 11 is 1.45. The molecule has 0 aliphatic rings. The monoisotopic (exact) mass is 394 g/mol. The highest BCUT2D eigenvalue weighted by molar-refractivity contribution is 7.22. The molecule has 0 spiro atoms. The van der Waals surface area contributed by atoms with Gasteiger partial charge in [-0.3, -0.25) is 14.7 Å². The molecular weight excluding hydrogens is 376 g/mol. The van der Waals surface area contributed by atoms with Crippen molar-refractivity contribution in [3.8, 4) is 5.75 Å². The number of nitrogens with zero attached hydrogens (tertiary/aromatic N) is 6. The van der Waals surface area contributed by atoms with Crippen LogP contribution in [0.5, 0.6) is 5.75 Å². The van der Waals surface area contributed by atoms with E-state index >= 15 is 0 Å². The third-order valence-corrected chi connectivity index (χ3v) is 5.07. The summed E-state index contributed by atoms with van der Waals surface area (Å²) in [6, 6.07) is 9.57. The minimum absolute atomic E-state index is 0.0779. The molecule has 0 fully saturated rings. The average molecular weight is 394 g/mol. The number of benzene rings is 1. The predicted molar refractivity (Wildman–Crippen MR) is 106 cm³/mol. The van der Waals surface area contributed by atoms with E-state index in [0.717, 1.165) is 15.8 Å². The minimum Gasteiger partial charge on any atom is -0.492 e. The molecular formula is C19H18N6O2S. The van der Waals surface area contributed by atoms with Gasteiger partial charge >= 0.3 is 0 Å². The quantitative estimate of drug-likeness (QED) is 0.479. The Morgan fingerprint density at radius 3 is 2.93 bits per heavy atom. The maximum Gasteiger partial charge on any atom is 0.250 e. The second-order valence-corrected chi connectivity index (χ2v) is 6.98. The number of carbonyl (C=O) groups is 1. The lowest BCUT2D eigenvalue weighted by atomic mass is 10.2. The highest BCUT2D eigenvalue weighted by atomic mass is 32.1. The van der Waals surface area contributed by atoms with Crippen LogP contribution < -0.4 is 9.64 Å². The Morgan fingerprint density at radius 2 is 2.18 bits per heavy atom. The normalized spacial score (nSPS) is 10.9. The number of amides is 1. The van der Waals surface area contributed by atoms with Crippen LogP contribution in [0.4, 0.5) is 5.13 Å². The summed E-state index contributed by atoms with van der Waals surface area (Å²) in [4.78, 5) is 27.5. The standard InChI is InChI=1S/C19H18N6O2S/c1-2-27-15-6-3-7-16-18(15)23-19(28-16)25(10-14-5-4-8-20-9-14)17(26)11-24-13-21-12-22-24/h3-9,12-13H,2,10-11H2,1H3. The third kappa shape index (κ3) is 3.84. The van der Waals surface area contributed by atoms with Gasteiger partial charge in [-0.1, -0.05) is 23.5 Å². The number of ether oxygens (including phenoxy) is 1. The van der Waals surface area contributed by atoms with Crippen LogP contribution in [0.25, 0.3) is 10.2 Å². The average Bonchev–Trinajstić information content (AvgIpc) is 3.37. The maximum absolute atomic E-state index is 13.1. The van der Waals surface area contributed by atoms with Crippen LogP contribution in [0.15, 0.2) is 55.4 Å².